The van der Waals surface area contributed by atoms with Crippen LogP contribution in [0, 0.1) is 0 Å². The number of aromatic nitrogens is 2. The molecule has 34 heavy (non-hydrogen) atoms. The summed E-state index contributed by atoms with van der Waals surface area (Å²) in [6.45, 7) is 2.03. The monoisotopic (exact) mass is 459 g/mol. The maximum atomic E-state index is 13.1. The van der Waals surface area contributed by atoms with Gasteiger partial charge in [0.1, 0.15) is 6.10 Å². The molecule has 0 bridgehead atoms. The zero-order valence-electron chi connectivity index (χ0n) is 19.4. The van der Waals surface area contributed by atoms with Gasteiger partial charge in [0.2, 0.25) is 0 Å². The van der Waals surface area contributed by atoms with Crippen LogP contribution >= 0.6 is 0 Å². The van der Waals surface area contributed by atoms with E-state index in [9.17, 15) is 9.59 Å². The molecule has 1 N–H and O–H groups in total. The van der Waals surface area contributed by atoms with Gasteiger partial charge in [0.05, 0.1) is 24.4 Å². The summed E-state index contributed by atoms with van der Waals surface area (Å²) in [5.74, 6) is -0.411. The van der Waals surface area contributed by atoms with Gasteiger partial charge in [0, 0.05) is 12.4 Å². The molecule has 1 unspecified atom stereocenters. The van der Waals surface area contributed by atoms with Gasteiger partial charge in [-0.1, -0.05) is 18.2 Å². The number of rotatable bonds is 7. The van der Waals surface area contributed by atoms with Gasteiger partial charge < -0.3 is 9.47 Å². The summed E-state index contributed by atoms with van der Waals surface area (Å²) in [5, 5.41) is 7.32. The Morgan fingerprint density at radius 3 is 2.50 bits per heavy atom. The first-order valence-electron chi connectivity index (χ1n) is 12.0. The predicted molar refractivity (Wildman–Crippen MR) is 128 cm³/mol. The Balaban J connectivity index is 1.40. The van der Waals surface area contributed by atoms with Crippen LogP contribution < -0.4 is 5.32 Å². The lowest BCUT2D eigenvalue weighted by Crippen LogP contribution is -2.22. The molecular formula is C27H29N3O4. The van der Waals surface area contributed by atoms with Crippen molar-refractivity contribution in [3.63, 3.8) is 0 Å². The van der Waals surface area contributed by atoms with Crippen molar-refractivity contribution >= 4 is 17.7 Å². The topological polar surface area (TPSA) is 82.5 Å². The molecule has 5 rings (SSSR count). The highest BCUT2D eigenvalue weighted by molar-refractivity contribution is 5.88. The van der Waals surface area contributed by atoms with Crippen LogP contribution in [0.4, 0.5) is 10.5 Å². The molecule has 2 aliphatic rings. The van der Waals surface area contributed by atoms with E-state index in [1.54, 1.807) is 17.8 Å². The molecule has 176 valence electrons. The number of hydrogen-bond acceptors (Lipinski definition) is 5. The van der Waals surface area contributed by atoms with Gasteiger partial charge in [-0.2, -0.15) is 5.10 Å². The van der Waals surface area contributed by atoms with Crippen LogP contribution in [0.1, 0.15) is 60.1 Å². The zero-order valence-corrected chi connectivity index (χ0v) is 19.4. The van der Waals surface area contributed by atoms with Crippen molar-refractivity contribution in [3.8, 4) is 5.69 Å². The number of fused-ring (bicyclic) bond motifs is 2. The van der Waals surface area contributed by atoms with E-state index in [0.717, 1.165) is 49.9 Å². The second kappa shape index (κ2) is 9.71. The number of aryl methyl sites for hydroxylation is 2. The Morgan fingerprint density at radius 2 is 1.82 bits per heavy atom. The summed E-state index contributed by atoms with van der Waals surface area (Å²) >= 11 is 0. The third-order valence-electron chi connectivity index (χ3n) is 6.62. The molecule has 0 fully saturated rings. The molecule has 2 aliphatic carbocycles. The zero-order chi connectivity index (χ0) is 23.5. The lowest BCUT2D eigenvalue weighted by atomic mass is 9.99. The molecular weight excluding hydrogens is 430 g/mol. The molecule has 0 radical (unpaired) electrons. The summed E-state index contributed by atoms with van der Waals surface area (Å²) in [7, 11) is 0. The van der Waals surface area contributed by atoms with Crippen molar-refractivity contribution in [3.05, 3.63) is 76.6 Å². The van der Waals surface area contributed by atoms with Gasteiger partial charge >= 0.3 is 12.1 Å². The van der Waals surface area contributed by atoms with Gasteiger partial charge in [-0.15, -0.1) is 0 Å². The van der Waals surface area contributed by atoms with Crippen LogP contribution in [0.2, 0.25) is 0 Å². The second-order valence-electron chi connectivity index (χ2n) is 8.81. The fraction of sp³-hybridized carbons (Fsp3) is 0.370. The number of carbonyl (C=O) groups excluding carboxylic acids is 2. The molecule has 0 aliphatic heterocycles. The quantitative estimate of drug-likeness (QED) is 0.498. The summed E-state index contributed by atoms with van der Waals surface area (Å²) in [4.78, 5) is 25.5. The lowest BCUT2D eigenvalue weighted by Gasteiger charge is -2.21. The Hall–Kier alpha value is -3.61. The number of ether oxygens (including phenoxy) is 2. The molecule has 1 amide bonds. The lowest BCUT2D eigenvalue weighted by molar-refractivity contribution is -0.145. The van der Waals surface area contributed by atoms with Crippen molar-refractivity contribution in [1.29, 1.82) is 0 Å². The Labute approximate surface area is 199 Å². The third kappa shape index (κ3) is 4.55. The number of anilines is 1. The van der Waals surface area contributed by atoms with Crippen molar-refractivity contribution < 1.29 is 19.1 Å². The maximum Gasteiger partial charge on any atom is 0.412 e. The molecule has 0 spiro atoms. The van der Waals surface area contributed by atoms with E-state index < -0.39 is 18.2 Å². The maximum absolute atomic E-state index is 13.1. The van der Waals surface area contributed by atoms with E-state index in [2.05, 4.69) is 16.5 Å². The van der Waals surface area contributed by atoms with Gasteiger partial charge in [0.25, 0.3) is 0 Å². The Bertz CT molecular complexity index is 1170. The standard InChI is InChI=1S/C27H29N3O4/c1-2-33-25(31)17-24(20-9-3-10-21(16-20)30-14-6-13-28-30)34-27(32)29-26-22-11-4-7-18(22)15-19-8-5-12-23(19)26/h3,6,9-10,13-16,24H,2,4-5,7-8,11-12,17H2,1H3,(H,29,32). The van der Waals surface area contributed by atoms with Crippen LogP contribution in [0.5, 0.6) is 0 Å². The van der Waals surface area contributed by atoms with Crippen molar-refractivity contribution in [1.82, 2.24) is 9.78 Å². The van der Waals surface area contributed by atoms with Crippen LogP contribution in [0.25, 0.3) is 5.69 Å². The van der Waals surface area contributed by atoms with Crippen molar-refractivity contribution in [2.24, 2.45) is 0 Å². The van der Waals surface area contributed by atoms with E-state index >= 15 is 0 Å². The fourth-order valence-electron chi connectivity index (χ4n) is 5.12. The van der Waals surface area contributed by atoms with Crippen molar-refractivity contribution in [2.45, 2.75) is 58.0 Å². The third-order valence-corrected chi connectivity index (χ3v) is 6.62. The molecule has 1 heterocycles. The highest BCUT2D eigenvalue weighted by Gasteiger charge is 2.27. The van der Waals surface area contributed by atoms with Crippen LogP contribution in [-0.2, 0) is 40.0 Å². The molecule has 7 nitrogen and oxygen atoms in total. The van der Waals surface area contributed by atoms with E-state index in [4.69, 9.17) is 9.47 Å². The minimum Gasteiger partial charge on any atom is -0.466 e. The molecule has 1 aromatic heterocycles. The Kier molecular flexibility index (Phi) is 6.34. The molecule has 0 saturated heterocycles. The number of nitrogens with zero attached hydrogens (tertiary/aromatic N) is 2. The van der Waals surface area contributed by atoms with Gasteiger partial charge in [-0.3, -0.25) is 10.1 Å². The van der Waals surface area contributed by atoms with E-state index in [0.29, 0.717) is 5.56 Å². The highest BCUT2D eigenvalue weighted by atomic mass is 16.6. The number of amides is 1. The van der Waals surface area contributed by atoms with Crippen molar-refractivity contribution in [2.75, 3.05) is 11.9 Å². The first-order chi connectivity index (χ1) is 16.6. The van der Waals surface area contributed by atoms with E-state index in [-0.39, 0.29) is 13.0 Å². The first-order valence-corrected chi connectivity index (χ1v) is 12.0. The molecule has 3 aromatic rings. The molecule has 2 aromatic carbocycles. The highest BCUT2D eigenvalue weighted by Crippen LogP contribution is 2.39. The average molecular weight is 460 g/mol. The molecule has 0 saturated carbocycles. The first kappa shape index (κ1) is 22.2. The smallest absolute Gasteiger partial charge is 0.412 e. The van der Waals surface area contributed by atoms with E-state index in [1.165, 1.54) is 22.3 Å². The summed E-state index contributed by atoms with van der Waals surface area (Å²) in [6.07, 6.45) is 8.40. The Morgan fingerprint density at radius 1 is 1.06 bits per heavy atom. The summed E-state index contributed by atoms with van der Waals surface area (Å²) in [6, 6.07) is 11.7. The number of hydrogen-bond donors (Lipinski definition) is 1. The van der Waals surface area contributed by atoms with E-state index in [1.807, 2.05) is 36.5 Å². The molecule has 1 atom stereocenters. The average Bonchev–Trinajstić information content (AvgIpc) is 3.60. The van der Waals surface area contributed by atoms with Gasteiger partial charge in [-0.05, 0) is 91.5 Å². The summed E-state index contributed by atoms with van der Waals surface area (Å²) < 4.78 is 12.7. The van der Waals surface area contributed by atoms with Gasteiger partial charge in [-0.25, -0.2) is 9.48 Å². The molecule has 7 heteroatoms. The SMILES string of the molecule is CCOC(=O)CC(OC(=O)Nc1c2c(cc3c1CCC3)CCC2)c1cccc(-n2cccn2)c1. The minimum absolute atomic E-state index is 0.0607. The summed E-state index contributed by atoms with van der Waals surface area (Å²) in [5.41, 5.74) is 7.60. The number of carbonyl (C=O) groups is 2. The van der Waals surface area contributed by atoms with Crippen LogP contribution in [0.15, 0.2) is 48.8 Å². The number of benzene rings is 2. The van der Waals surface area contributed by atoms with Gasteiger partial charge in [0.15, 0.2) is 0 Å². The minimum atomic E-state index is -0.778. The number of esters is 1. The predicted octanol–water partition coefficient (Wildman–Crippen LogP) is 5.09. The fourth-order valence-corrected chi connectivity index (χ4v) is 5.12. The largest absolute Gasteiger partial charge is 0.466 e. The van der Waals surface area contributed by atoms with Crippen LogP contribution in [-0.4, -0.2) is 28.4 Å². The van der Waals surface area contributed by atoms with Crippen LogP contribution in [0.3, 0.4) is 0 Å². The normalized spacial score (nSPS) is 14.9. The number of nitrogens with one attached hydrogen (secondary N) is 1. The second-order valence-corrected chi connectivity index (χ2v) is 8.81.